The van der Waals surface area contributed by atoms with Gasteiger partial charge in [-0.25, -0.2) is 0 Å². The van der Waals surface area contributed by atoms with E-state index in [2.05, 4.69) is 22.5 Å². The van der Waals surface area contributed by atoms with Gasteiger partial charge in [-0.1, -0.05) is 27.5 Å². The summed E-state index contributed by atoms with van der Waals surface area (Å²) in [6.45, 7) is 5.68. The first-order valence-electron chi connectivity index (χ1n) is 7.97. The summed E-state index contributed by atoms with van der Waals surface area (Å²) in [4.78, 5) is 11.6. The van der Waals surface area contributed by atoms with Crippen LogP contribution in [0.15, 0.2) is 0 Å². The van der Waals surface area contributed by atoms with Crippen molar-refractivity contribution < 1.29 is 14.3 Å². The summed E-state index contributed by atoms with van der Waals surface area (Å²) in [5.41, 5.74) is 0. The fourth-order valence-corrected chi connectivity index (χ4v) is 3.18. The van der Waals surface area contributed by atoms with Gasteiger partial charge in [0.05, 0.1) is 13.2 Å². The second-order valence-electron chi connectivity index (χ2n) is 4.72. The Kier molecular flexibility index (Phi) is 19.6. The zero-order valence-corrected chi connectivity index (χ0v) is 16.0. The minimum absolute atomic E-state index is 0.246. The van der Waals surface area contributed by atoms with E-state index in [-0.39, 0.29) is 5.78 Å². The highest BCUT2D eigenvalue weighted by atomic mass is 33.1. The van der Waals surface area contributed by atoms with Crippen molar-refractivity contribution >= 4 is 27.4 Å². The normalized spacial score (nSPS) is 10.3. The molecule has 0 unspecified atom stereocenters. The van der Waals surface area contributed by atoms with Gasteiger partial charge < -0.3 is 20.1 Å². The largest absolute Gasteiger partial charge is 0.370 e. The van der Waals surface area contributed by atoms with Gasteiger partial charge in [-0.2, -0.15) is 0 Å². The van der Waals surface area contributed by atoms with E-state index >= 15 is 0 Å². The Hall–Kier alpha value is -0.230. The number of rotatable bonds is 17. The molecule has 0 aromatic rings. The molecule has 0 fully saturated rings. The molecule has 0 saturated carbocycles. The lowest BCUT2D eigenvalue weighted by Crippen LogP contribution is -2.26. The number of carbonyl (C=O) groups excluding carboxylic acids is 1. The number of nitrogens with one attached hydrogen (secondary N) is 2. The number of unbranched alkanes of at least 4 members (excludes halogenated alkanes) is 1. The van der Waals surface area contributed by atoms with Crippen molar-refractivity contribution in [2.75, 3.05) is 58.2 Å². The van der Waals surface area contributed by atoms with Crippen molar-refractivity contribution in [2.24, 2.45) is 0 Å². The first-order chi connectivity index (χ1) is 11.3. The molecule has 23 heavy (non-hydrogen) atoms. The molecular formula is C16H30N2O3S2. The van der Waals surface area contributed by atoms with Crippen molar-refractivity contribution in [3.63, 3.8) is 0 Å². The molecule has 0 aromatic carbocycles. The van der Waals surface area contributed by atoms with Gasteiger partial charge in [0.25, 0.3) is 0 Å². The van der Waals surface area contributed by atoms with Crippen molar-refractivity contribution in [1.82, 2.24) is 10.6 Å². The van der Waals surface area contributed by atoms with E-state index in [1.54, 1.807) is 17.7 Å². The maximum atomic E-state index is 11.6. The smallest absolute Gasteiger partial charge is 0.146 e. The highest BCUT2D eigenvalue weighted by molar-refractivity contribution is 8.76. The molecule has 0 spiro atoms. The van der Waals surface area contributed by atoms with Crippen LogP contribution in [0.4, 0.5) is 0 Å². The molecule has 0 saturated heterocycles. The molecule has 0 heterocycles. The third kappa shape index (κ3) is 19.7. The summed E-state index contributed by atoms with van der Waals surface area (Å²) in [6, 6.07) is 0. The molecule has 7 heteroatoms. The van der Waals surface area contributed by atoms with Crippen molar-refractivity contribution in [3.05, 3.63) is 0 Å². The molecule has 0 rings (SSSR count). The van der Waals surface area contributed by atoms with Crippen LogP contribution < -0.4 is 10.6 Å². The Morgan fingerprint density at radius 1 is 1.13 bits per heavy atom. The average Bonchev–Trinajstić information content (AvgIpc) is 2.55. The lowest BCUT2D eigenvalue weighted by atomic mass is 10.2. The third-order valence-electron chi connectivity index (χ3n) is 2.74. The fourth-order valence-electron chi connectivity index (χ4n) is 1.51. The van der Waals surface area contributed by atoms with Crippen LogP contribution in [-0.2, 0) is 14.3 Å². The SMILES string of the molecule is CC#CCOCCNCC(=O)CCCCOCSSCCNC. The summed E-state index contributed by atoms with van der Waals surface area (Å²) in [5, 5.41) is 6.18. The van der Waals surface area contributed by atoms with Gasteiger partial charge in [0, 0.05) is 31.9 Å². The van der Waals surface area contributed by atoms with E-state index in [0.29, 0.717) is 38.7 Å². The second kappa shape index (κ2) is 19.8. The van der Waals surface area contributed by atoms with Gasteiger partial charge in [-0.3, -0.25) is 4.79 Å². The zero-order valence-electron chi connectivity index (χ0n) is 14.3. The molecular weight excluding hydrogens is 332 g/mol. The molecule has 5 nitrogen and oxygen atoms in total. The van der Waals surface area contributed by atoms with Crippen LogP contribution in [0, 0.1) is 11.8 Å². The Balaban J connectivity index is 3.16. The molecule has 0 amide bonds. The van der Waals surface area contributed by atoms with Gasteiger partial charge in [-0.15, -0.1) is 5.92 Å². The van der Waals surface area contributed by atoms with E-state index in [9.17, 15) is 4.79 Å². The highest BCUT2D eigenvalue weighted by Gasteiger charge is 2.01. The Bertz CT molecular complexity index is 333. The standard InChI is InChI=1S/C16H30N2O3S2/c1-3-4-10-20-12-8-18-14-16(19)7-5-6-11-21-15-23-22-13-9-17-2/h17-18H,5-15H2,1-2H3. The topological polar surface area (TPSA) is 59.6 Å². The fraction of sp³-hybridized carbons (Fsp3) is 0.812. The molecule has 0 bridgehead atoms. The van der Waals surface area contributed by atoms with Crippen LogP contribution in [0.25, 0.3) is 0 Å². The van der Waals surface area contributed by atoms with Crippen LogP contribution in [0.1, 0.15) is 26.2 Å². The predicted molar refractivity (Wildman–Crippen MR) is 101 cm³/mol. The minimum Gasteiger partial charge on any atom is -0.370 e. The van der Waals surface area contributed by atoms with Gasteiger partial charge in [0.15, 0.2) is 0 Å². The van der Waals surface area contributed by atoms with Crippen LogP contribution in [0.5, 0.6) is 0 Å². The third-order valence-corrected chi connectivity index (χ3v) is 4.83. The molecule has 0 aliphatic rings. The van der Waals surface area contributed by atoms with Gasteiger partial charge in [-0.05, 0) is 26.8 Å². The number of hydrogen-bond donors (Lipinski definition) is 2. The summed E-state index contributed by atoms with van der Waals surface area (Å²) < 4.78 is 10.8. The van der Waals surface area contributed by atoms with Gasteiger partial charge in [0.2, 0.25) is 0 Å². The number of carbonyl (C=O) groups is 1. The van der Waals surface area contributed by atoms with Gasteiger partial charge in [0.1, 0.15) is 18.3 Å². The summed E-state index contributed by atoms with van der Waals surface area (Å²) in [7, 11) is 5.50. The van der Waals surface area contributed by atoms with Crippen molar-refractivity contribution in [1.29, 1.82) is 0 Å². The molecule has 0 atom stereocenters. The lowest BCUT2D eigenvalue weighted by Gasteiger charge is -2.05. The van der Waals surface area contributed by atoms with Crippen LogP contribution >= 0.6 is 21.6 Å². The second-order valence-corrected chi connectivity index (χ2v) is 7.25. The molecule has 134 valence electrons. The Labute approximate surface area is 148 Å². The molecule has 0 aromatic heterocycles. The van der Waals surface area contributed by atoms with Crippen molar-refractivity contribution in [2.45, 2.75) is 26.2 Å². The Morgan fingerprint density at radius 2 is 2.00 bits per heavy atom. The first kappa shape index (κ1) is 22.8. The van der Waals surface area contributed by atoms with E-state index in [4.69, 9.17) is 9.47 Å². The highest BCUT2D eigenvalue weighted by Crippen LogP contribution is 2.20. The Morgan fingerprint density at radius 3 is 2.78 bits per heavy atom. The van der Waals surface area contributed by atoms with Crippen LogP contribution in [0.3, 0.4) is 0 Å². The maximum Gasteiger partial charge on any atom is 0.146 e. The van der Waals surface area contributed by atoms with Crippen LogP contribution in [0.2, 0.25) is 0 Å². The maximum absolute atomic E-state index is 11.6. The number of ketones is 1. The summed E-state index contributed by atoms with van der Waals surface area (Å²) in [5.74, 6) is 7.64. The predicted octanol–water partition coefficient (Wildman–Crippen LogP) is 1.93. The molecule has 0 radical (unpaired) electrons. The number of hydrogen-bond acceptors (Lipinski definition) is 7. The molecule has 0 aliphatic heterocycles. The summed E-state index contributed by atoms with van der Waals surface area (Å²) in [6.07, 6.45) is 2.44. The molecule has 0 aliphatic carbocycles. The minimum atomic E-state index is 0.246. The summed E-state index contributed by atoms with van der Waals surface area (Å²) >= 11 is 0. The number of Topliss-reactive ketones (excluding diaryl/α,β-unsaturated/α-hetero) is 1. The van der Waals surface area contributed by atoms with Crippen LogP contribution in [-0.4, -0.2) is 64.0 Å². The van der Waals surface area contributed by atoms with E-state index in [0.717, 1.165) is 31.7 Å². The lowest BCUT2D eigenvalue weighted by molar-refractivity contribution is -0.118. The number of ether oxygens (including phenoxy) is 2. The average molecular weight is 363 g/mol. The van der Waals surface area contributed by atoms with E-state index in [1.165, 1.54) is 0 Å². The van der Waals surface area contributed by atoms with E-state index < -0.39 is 0 Å². The van der Waals surface area contributed by atoms with E-state index in [1.807, 2.05) is 17.8 Å². The zero-order chi connectivity index (χ0) is 17.0. The first-order valence-corrected chi connectivity index (χ1v) is 10.5. The van der Waals surface area contributed by atoms with Gasteiger partial charge >= 0.3 is 0 Å². The quantitative estimate of drug-likeness (QED) is 0.177. The molecule has 2 N–H and O–H groups in total. The monoisotopic (exact) mass is 362 g/mol. The van der Waals surface area contributed by atoms with Crippen molar-refractivity contribution in [3.8, 4) is 11.8 Å².